The van der Waals surface area contributed by atoms with Crippen molar-refractivity contribution in [1.29, 1.82) is 0 Å². The lowest BCUT2D eigenvalue weighted by atomic mass is 10.1. The van der Waals surface area contributed by atoms with Gasteiger partial charge in [0, 0.05) is 13.5 Å². The maximum absolute atomic E-state index is 10.6. The molecule has 1 amide bonds. The van der Waals surface area contributed by atoms with E-state index >= 15 is 0 Å². The van der Waals surface area contributed by atoms with Gasteiger partial charge in [-0.1, -0.05) is 35.5 Å². The van der Waals surface area contributed by atoms with E-state index in [0.717, 1.165) is 19.4 Å². The summed E-state index contributed by atoms with van der Waals surface area (Å²) >= 11 is 0. The van der Waals surface area contributed by atoms with E-state index in [1.165, 1.54) is 11.1 Å². The lowest BCUT2D eigenvalue weighted by molar-refractivity contribution is -0.118. The number of hydrogen-bond donors (Lipinski definition) is 1. The van der Waals surface area contributed by atoms with Gasteiger partial charge in [0.1, 0.15) is 0 Å². The predicted octanol–water partition coefficient (Wildman–Crippen LogP) is 2.35. The molecule has 0 heterocycles. The van der Waals surface area contributed by atoms with Crippen molar-refractivity contribution in [3.63, 3.8) is 0 Å². The van der Waals surface area contributed by atoms with Crippen molar-refractivity contribution in [2.45, 2.75) is 26.7 Å². The van der Waals surface area contributed by atoms with Gasteiger partial charge in [-0.15, -0.1) is 0 Å². The average molecular weight is 191 g/mol. The maximum atomic E-state index is 10.6. The molecule has 0 fully saturated rings. The molecule has 1 rings (SSSR count). The molecule has 0 saturated carbocycles. The maximum Gasteiger partial charge on any atom is 0.216 e. The Bertz CT molecular complexity index is 297. The number of allylic oxidation sites excluding steroid dienone is 5. The lowest BCUT2D eigenvalue weighted by Gasteiger charge is -2.03. The van der Waals surface area contributed by atoms with Crippen LogP contribution in [0.1, 0.15) is 26.7 Å². The molecule has 1 aliphatic carbocycles. The molecular formula is C12H17NO. The molecule has 2 heteroatoms. The van der Waals surface area contributed by atoms with Gasteiger partial charge in [-0.25, -0.2) is 0 Å². The number of amides is 1. The molecule has 0 saturated heterocycles. The first-order valence-electron chi connectivity index (χ1n) is 4.96. The summed E-state index contributed by atoms with van der Waals surface area (Å²) in [5, 5.41) is 2.80. The number of hydrogen-bond acceptors (Lipinski definition) is 1. The van der Waals surface area contributed by atoms with Crippen LogP contribution >= 0.6 is 0 Å². The van der Waals surface area contributed by atoms with Crippen molar-refractivity contribution in [1.82, 2.24) is 5.32 Å². The van der Waals surface area contributed by atoms with Gasteiger partial charge < -0.3 is 5.32 Å². The van der Waals surface area contributed by atoms with Crippen molar-refractivity contribution in [3.8, 4) is 0 Å². The largest absolute Gasteiger partial charge is 0.356 e. The number of nitrogens with one attached hydrogen (secondary N) is 1. The molecule has 1 aliphatic rings. The fourth-order valence-corrected chi connectivity index (χ4v) is 1.35. The van der Waals surface area contributed by atoms with Gasteiger partial charge in [0.25, 0.3) is 0 Å². The van der Waals surface area contributed by atoms with Gasteiger partial charge >= 0.3 is 0 Å². The molecular weight excluding hydrogens is 174 g/mol. The zero-order chi connectivity index (χ0) is 10.4. The van der Waals surface area contributed by atoms with Crippen molar-refractivity contribution >= 4 is 5.91 Å². The molecule has 0 unspecified atom stereocenters. The molecule has 0 aromatic heterocycles. The summed E-state index contributed by atoms with van der Waals surface area (Å²) in [6, 6.07) is 0. The summed E-state index contributed by atoms with van der Waals surface area (Å²) in [6.07, 6.45) is 10.5. The quantitative estimate of drug-likeness (QED) is 0.729. The first-order valence-corrected chi connectivity index (χ1v) is 4.96. The van der Waals surface area contributed by atoms with Gasteiger partial charge in [0.05, 0.1) is 0 Å². The first-order chi connectivity index (χ1) is 6.68. The highest BCUT2D eigenvalue weighted by molar-refractivity contribution is 5.72. The third-order valence-corrected chi connectivity index (χ3v) is 2.16. The second-order valence-electron chi connectivity index (χ2n) is 3.58. The Morgan fingerprint density at radius 1 is 1.50 bits per heavy atom. The highest BCUT2D eigenvalue weighted by Crippen LogP contribution is 2.13. The number of carbonyl (C=O) groups is 1. The van der Waals surface area contributed by atoms with Gasteiger partial charge in [-0.05, 0) is 19.8 Å². The van der Waals surface area contributed by atoms with Crippen LogP contribution in [0.2, 0.25) is 0 Å². The minimum absolute atomic E-state index is 0.0430. The summed E-state index contributed by atoms with van der Waals surface area (Å²) in [6.45, 7) is 4.37. The first kappa shape index (κ1) is 10.8. The molecule has 0 spiro atoms. The summed E-state index contributed by atoms with van der Waals surface area (Å²) < 4.78 is 0. The third kappa shape index (κ3) is 4.08. The molecule has 76 valence electrons. The average Bonchev–Trinajstić information content (AvgIpc) is 2.30. The van der Waals surface area contributed by atoms with E-state index in [-0.39, 0.29) is 5.91 Å². The van der Waals surface area contributed by atoms with Crippen molar-refractivity contribution < 1.29 is 4.79 Å². The van der Waals surface area contributed by atoms with Gasteiger partial charge in [-0.3, -0.25) is 4.79 Å². The molecule has 0 radical (unpaired) electrons. The Hall–Kier alpha value is -1.31. The Kier molecular flexibility index (Phi) is 4.17. The Morgan fingerprint density at radius 2 is 2.29 bits per heavy atom. The topological polar surface area (TPSA) is 29.1 Å². The number of carbonyl (C=O) groups excluding carboxylic acids is 1. The Balaban J connectivity index is 2.38. The molecule has 0 aromatic rings. The van der Waals surface area contributed by atoms with E-state index in [1.807, 2.05) is 0 Å². The lowest BCUT2D eigenvalue weighted by Crippen LogP contribution is -2.21. The van der Waals surface area contributed by atoms with E-state index in [2.05, 4.69) is 36.5 Å². The van der Waals surface area contributed by atoms with Crippen molar-refractivity contribution in [2.75, 3.05) is 6.54 Å². The minimum atomic E-state index is 0.0430. The van der Waals surface area contributed by atoms with Crippen LogP contribution in [-0.4, -0.2) is 12.5 Å². The van der Waals surface area contributed by atoms with E-state index in [4.69, 9.17) is 0 Å². The Labute approximate surface area is 85.4 Å². The van der Waals surface area contributed by atoms with Crippen LogP contribution < -0.4 is 5.32 Å². The summed E-state index contributed by atoms with van der Waals surface area (Å²) in [5.74, 6) is 0.0430. The second-order valence-corrected chi connectivity index (χ2v) is 3.58. The van der Waals surface area contributed by atoms with E-state index in [0.29, 0.717) is 0 Å². The monoisotopic (exact) mass is 191 g/mol. The van der Waals surface area contributed by atoms with E-state index < -0.39 is 0 Å². The summed E-state index contributed by atoms with van der Waals surface area (Å²) in [7, 11) is 0. The highest BCUT2D eigenvalue weighted by Gasteiger charge is 1.98. The molecule has 14 heavy (non-hydrogen) atoms. The predicted molar refractivity (Wildman–Crippen MR) is 58.9 cm³/mol. The normalized spacial score (nSPS) is 15.6. The van der Waals surface area contributed by atoms with Crippen LogP contribution in [0, 0.1) is 0 Å². The van der Waals surface area contributed by atoms with Crippen molar-refractivity contribution in [2.24, 2.45) is 0 Å². The fourth-order valence-electron chi connectivity index (χ4n) is 1.35. The van der Waals surface area contributed by atoms with Crippen molar-refractivity contribution in [3.05, 3.63) is 35.5 Å². The molecule has 1 N–H and O–H groups in total. The SMILES string of the molecule is CC(=O)NCCC1=CC=C(C)C=CC1. The van der Waals surface area contributed by atoms with Crippen LogP contribution in [0.15, 0.2) is 35.5 Å². The van der Waals surface area contributed by atoms with Crippen LogP contribution in [-0.2, 0) is 4.79 Å². The summed E-state index contributed by atoms with van der Waals surface area (Å²) in [4.78, 5) is 10.6. The van der Waals surface area contributed by atoms with E-state index in [1.54, 1.807) is 6.92 Å². The van der Waals surface area contributed by atoms with Crippen LogP contribution in [0.4, 0.5) is 0 Å². The van der Waals surface area contributed by atoms with Crippen LogP contribution in [0.3, 0.4) is 0 Å². The molecule has 0 aromatic carbocycles. The zero-order valence-corrected chi connectivity index (χ0v) is 8.84. The zero-order valence-electron chi connectivity index (χ0n) is 8.84. The fraction of sp³-hybridized carbons (Fsp3) is 0.417. The molecule has 0 bridgehead atoms. The molecule has 0 atom stereocenters. The summed E-state index contributed by atoms with van der Waals surface area (Å²) in [5.41, 5.74) is 2.64. The highest BCUT2D eigenvalue weighted by atomic mass is 16.1. The standard InChI is InChI=1S/C12H17NO/c1-10-4-3-5-12(7-6-10)8-9-13-11(2)14/h3-4,6-7H,5,8-9H2,1-2H3,(H,13,14). The number of rotatable bonds is 3. The van der Waals surface area contributed by atoms with Gasteiger partial charge in [0.2, 0.25) is 5.91 Å². The molecule has 0 aliphatic heterocycles. The third-order valence-electron chi connectivity index (χ3n) is 2.16. The Morgan fingerprint density at radius 3 is 3.00 bits per heavy atom. The van der Waals surface area contributed by atoms with E-state index in [9.17, 15) is 4.79 Å². The second kappa shape index (κ2) is 5.43. The van der Waals surface area contributed by atoms with Crippen LogP contribution in [0.25, 0.3) is 0 Å². The van der Waals surface area contributed by atoms with Crippen LogP contribution in [0.5, 0.6) is 0 Å². The smallest absolute Gasteiger partial charge is 0.216 e. The van der Waals surface area contributed by atoms with Gasteiger partial charge in [0.15, 0.2) is 0 Å². The molecule has 2 nitrogen and oxygen atoms in total. The minimum Gasteiger partial charge on any atom is -0.356 e. The van der Waals surface area contributed by atoms with Gasteiger partial charge in [-0.2, -0.15) is 0 Å².